The van der Waals surface area contributed by atoms with Gasteiger partial charge < -0.3 is 15.4 Å². The molecule has 0 aromatic heterocycles. The third kappa shape index (κ3) is 5.28. The zero-order valence-corrected chi connectivity index (χ0v) is 14.3. The number of amides is 2. The smallest absolute Gasteiger partial charge is 0.258 e. The summed E-state index contributed by atoms with van der Waals surface area (Å²) < 4.78 is 5.31. The van der Waals surface area contributed by atoms with Crippen LogP contribution in [0.1, 0.15) is 11.1 Å². The van der Waals surface area contributed by atoms with Gasteiger partial charge in [-0.3, -0.25) is 9.59 Å². The third-order valence-electron chi connectivity index (χ3n) is 3.36. The molecule has 0 aliphatic rings. The van der Waals surface area contributed by atoms with E-state index in [0.717, 1.165) is 16.8 Å². The Balaban J connectivity index is 1.78. The fourth-order valence-corrected chi connectivity index (χ4v) is 2.31. The molecule has 6 heteroatoms. The predicted molar refractivity (Wildman–Crippen MR) is 94.5 cm³/mol. The molecule has 5 nitrogen and oxygen atoms in total. The van der Waals surface area contributed by atoms with Crippen molar-refractivity contribution in [1.82, 2.24) is 5.32 Å². The van der Waals surface area contributed by atoms with E-state index in [1.54, 1.807) is 24.3 Å². The summed E-state index contributed by atoms with van der Waals surface area (Å²) in [6, 6.07) is 12.5. The zero-order chi connectivity index (χ0) is 17.5. The Labute approximate surface area is 146 Å². The molecule has 126 valence electrons. The van der Waals surface area contributed by atoms with Crippen molar-refractivity contribution in [2.45, 2.75) is 13.8 Å². The van der Waals surface area contributed by atoms with E-state index in [9.17, 15) is 9.59 Å². The average Bonchev–Trinajstić information content (AvgIpc) is 2.54. The standard InChI is InChI=1S/C18H19ClN2O3/c1-12-5-3-6-13(2)18(12)21-16(22)10-20-17(23)11-24-15-8-4-7-14(19)9-15/h3-9H,10-11H2,1-2H3,(H,20,23)(H,21,22). The van der Waals surface area contributed by atoms with Crippen LogP contribution in [-0.4, -0.2) is 25.0 Å². The first-order chi connectivity index (χ1) is 11.5. The van der Waals surface area contributed by atoms with Gasteiger partial charge in [0.1, 0.15) is 5.75 Å². The van der Waals surface area contributed by atoms with Crippen molar-refractivity contribution in [2.75, 3.05) is 18.5 Å². The molecule has 0 bridgehead atoms. The van der Waals surface area contributed by atoms with Crippen LogP contribution in [0.25, 0.3) is 0 Å². The Bertz CT molecular complexity index is 727. The molecule has 0 fully saturated rings. The number of benzene rings is 2. The number of anilines is 1. The van der Waals surface area contributed by atoms with Crippen LogP contribution in [0, 0.1) is 13.8 Å². The van der Waals surface area contributed by atoms with Crippen LogP contribution in [0.3, 0.4) is 0 Å². The average molecular weight is 347 g/mol. The quantitative estimate of drug-likeness (QED) is 0.844. The van der Waals surface area contributed by atoms with E-state index in [2.05, 4.69) is 10.6 Å². The van der Waals surface area contributed by atoms with Crippen LogP contribution in [0.5, 0.6) is 5.75 Å². The molecule has 0 heterocycles. The highest BCUT2D eigenvalue weighted by Crippen LogP contribution is 2.19. The first kappa shape index (κ1) is 17.8. The van der Waals surface area contributed by atoms with Crippen LogP contribution in [0.4, 0.5) is 5.69 Å². The van der Waals surface area contributed by atoms with E-state index in [1.165, 1.54) is 0 Å². The summed E-state index contributed by atoms with van der Waals surface area (Å²) >= 11 is 5.83. The van der Waals surface area contributed by atoms with Gasteiger partial charge in [-0.1, -0.05) is 35.9 Å². The highest BCUT2D eigenvalue weighted by atomic mass is 35.5. The lowest BCUT2D eigenvalue weighted by Gasteiger charge is -2.12. The highest BCUT2D eigenvalue weighted by Gasteiger charge is 2.09. The maximum atomic E-state index is 12.0. The molecule has 0 spiro atoms. The van der Waals surface area contributed by atoms with Crippen LogP contribution in [0.15, 0.2) is 42.5 Å². The van der Waals surface area contributed by atoms with Crippen LogP contribution in [-0.2, 0) is 9.59 Å². The lowest BCUT2D eigenvalue weighted by Crippen LogP contribution is -2.36. The number of rotatable bonds is 6. The van der Waals surface area contributed by atoms with Gasteiger partial charge in [0.2, 0.25) is 5.91 Å². The molecule has 0 saturated heterocycles. The molecule has 0 radical (unpaired) electrons. The molecule has 2 N–H and O–H groups in total. The van der Waals surface area contributed by atoms with Gasteiger partial charge in [-0.2, -0.15) is 0 Å². The van der Waals surface area contributed by atoms with E-state index in [0.29, 0.717) is 10.8 Å². The topological polar surface area (TPSA) is 67.4 Å². The lowest BCUT2D eigenvalue weighted by atomic mass is 10.1. The van der Waals surface area contributed by atoms with Crippen molar-refractivity contribution in [3.05, 3.63) is 58.6 Å². The lowest BCUT2D eigenvalue weighted by molar-refractivity contribution is -0.125. The van der Waals surface area contributed by atoms with E-state index in [-0.39, 0.29) is 25.0 Å². The van der Waals surface area contributed by atoms with E-state index in [4.69, 9.17) is 16.3 Å². The first-order valence-corrected chi connectivity index (χ1v) is 7.84. The number of carbonyl (C=O) groups excluding carboxylic acids is 2. The number of carbonyl (C=O) groups is 2. The molecular formula is C18H19ClN2O3. The number of hydrogen-bond acceptors (Lipinski definition) is 3. The second-order valence-electron chi connectivity index (χ2n) is 5.34. The fourth-order valence-electron chi connectivity index (χ4n) is 2.13. The van der Waals surface area contributed by atoms with Crippen LogP contribution in [0.2, 0.25) is 5.02 Å². The molecule has 2 amide bonds. The van der Waals surface area contributed by atoms with Crippen molar-refractivity contribution in [1.29, 1.82) is 0 Å². The van der Waals surface area contributed by atoms with Gasteiger partial charge in [-0.15, -0.1) is 0 Å². The molecule has 2 rings (SSSR count). The molecule has 0 aliphatic heterocycles. The van der Waals surface area contributed by atoms with Crippen molar-refractivity contribution in [3.63, 3.8) is 0 Å². The Kier molecular flexibility index (Phi) is 6.21. The predicted octanol–water partition coefficient (Wildman–Crippen LogP) is 3.09. The second-order valence-corrected chi connectivity index (χ2v) is 5.77. The summed E-state index contributed by atoms with van der Waals surface area (Å²) in [5.74, 6) is -0.173. The molecule has 2 aromatic carbocycles. The van der Waals surface area contributed by atoms with E-state index >= 15 is 0 Å². The molecule has 24 heavy (non-hydrogen) atoms. The molecule has 0 atom stereocenters. The van der Waals surface area contributed by atoms with Crippen LogP contribution >= 0.6 is 11.6 Å². The number of hydrogen-bond donors (Lipinski definition) is 2. The molecule has 0 aliphatic carbocycles. The van der Waals surface area contributed by atoms with Gasteiger partial charge in [0.05, 0.1) is 6.54 Å². The Morgan fingerprint density at radius 2 is 1.71 bits per heavy atom. The van der Waals surface area contributed by atoms with Crippen LogP contribution < -0.4 is 15.4 Å². The maximum absolute atomic E-state index is 12.0. The Morgan fingerprint density at radius 3 is 2.38 bits per heavy atom. The zero-order valence-electron chi connectivity index (χ0n) is 13.6. The summed E-state index contributed by atoms with van der Waals surface area (Å²) in [7, 11) is 0. The van der Waals surface area contributed by atoms with E-state index < -0.39 is 0 Å². The van der Waals surface area contributed by atoms with Gasteiger partial charge in [0, 0.05) is 10.7 Å². The van der Waals surface area contributed by atoms with Gasteiger partial charge in [0.25, 0.3) is 5.91 Å². The van der Waals surface area contributed by atoms with E-state index in [1.807, 2.05) is 32.0 Å². The molecule has 2 aromatic rings. The number of ether oxygens (including phenoxy) is 1. The summed E-state index contributed by atoms with van der Waals surface area (Å²) in [6.07, 6.45) is 0. The van der Waals surface area contributed by atoms with Gasteiger partial charge in [-0.25, -0.2) is 0 Å². The maximum Gasteiger partial charge on any atom is 0.258 e. The summed E-state index contributed by atoms with van der Waals surface area (Å²) in [5, 5.41) is 5.85. The minimum atomic E-state index is -0.383. The normalized spacial score (nSPS) is 10.1. The highest BCUT2D eigenvalue weighted by molar-refractivity contribution is 6.30. The minimum absolute atomic E-state index is 0.120. The summed E-state index contributed by atoms with van der Waals surface area (Å²) in [4.78, 5) is 23.7. The van der Waals surface area contributed by atoms with Crippen molar-refractivity contribution in [3.8, 4) is 5.75 Å². The number of aryl methyl sites for hydroxylation is 2. The first-order valence-electron chi connectivity index (χ1n) is 7.47. The molecular weight excluding hydrogens is 328 g/mol. The summed E-state index contributed by atoms with van der Waals surface area (Å²) in [6.45, 7) is 3.53. The van der Waals surface area contributed by atoms with Crippen molar-refractivity contribution in [2.24, 2.45) is 0 Å². The van der Waals surface area contributed by atoms with Gasteiger partial charge >= 0.3 is 0 Å². The molecule has 0 unspecified atom stereocenters. The van der Waals surface area contributed by atoms with Gasteiger partial charge in [0.15, 0.2) is 6.61 Å². The largest absolute Gasteiger partial charge is 0.484 e. The van der Waals surface area contributed by atoms with Gasteiger partial charge in [-0.05, 0) is 43.2 Å². The Morgan fingerprint density at radius 1 is 1.04 bits per heavy atom. The fraction of sp³-hybridized carbons (Fsp3) is 0.222. The third-order valence-corrected chi connectivity index (χ3v) is 3.59. The van der Waals surface area contributed by atoms with Crippen molar-refractivity contribution >= 4 is 29.1 Å². The number of para-hydroxylation sites is 1. The Hall–Kier alpha value is -2.53. The molecule has 0 saturated carbocycles. The minimum Gasteiger partial charge on any atom is -0.484 e. The number of halogens is 1. The second kappa shape index (κ2) is 8.36. The summed E-state index contributed by atoms with van der Waals surface area (Å²) in [5.41, 5.74) is 2.71. The van der Waals surface area contributed by atoms with Crippen molar-refractivity contribution < 1.29 is 14.3 Å². The SMILES string of the molecule is Cc1cccc(C)c1NC(=O)CNC(=O)COc1cccc(Cl)c1. The monoisotopic (exact) mass is 346 g/mol. The number of nitrogens with one attached hydrogen (secondary N) is 2.